The fourth-order valence-electron chi connectivity index (χ4n) is 2.19. The molecule has 98 valence electrons. The molecule has 1 aromatic rings. The molecular formula is C14H19ClN2O. The van der Waals surface area contributed by atoms with Gasteiger partial charge in [0.15, 0.2) is 0 Å². The zero-order valence-electron chi connectivity index (χ0n) is 10.7. The van der Waals surface area contributed by atoms with Crippen LogP contribution in [0.3, 0.4) is 0 Å². The minimum atomic E-state index is -0.507. The van der Waals surface area contributed by atoms with Gasteiger partial charge in [-0.05, 0) is 50.6 Å². The molecule has 1 N–H and O–H groups in total. The number of likely N-dealkylation sites (tertiary alicyclic amines) is 1. The predicted molar refractivity (Wildman–Crippen MR) is 74.9 cm³/mol. The fraction of sp³-hybridized carbons (Fsp3) is 0.500. The van der Waals surface area contributed by atoms with Crippen molar-refractivity contribution in [1.82, 2.24) is 4.90 Å². The molecule has 1 saturated heterocycles. The number of nitrogens with zero attached hydrogens (tertiary/aromatic N) is 1. The Balaban J connectivity index is 1.98. The molecule has 1 fully saturated rings. The van der Waals surface area contributed by atoms with Gasteiger partial charge >= 0.3 is 0 Å². The van der Waals surface area contributed by atoms with Crippen LogP contribution >= 0.6 is 11.6 Å². The van der Waals surface area contributed by atoms with Crippen molar-refractivity contribution in [3.05, 3.63) is 29.8 Å². The minimum Gasteiger partial charge on any atom is -0.325 e. The summed E-state index contributed by atoms with van der Waals surface area (Å²) < 4.78 is 0. The quantitative estimate of drug-likeness (QED) is 0.850. The van der Waals surface area contributed by atoms with E-state index < -0.39 is 5.38 Å². The fourth-order valence-corrected chi connectivity index (χ4v) is 2.24. The lowest BCUT2D eigenvalue weighted by Crippen LogP contribution is -2.21. The second kappa shape index (κ2) is 6.21. The Bertz CT molecular complexity index is 414. The highest BCUT2D eigenvalue weighted by atomic mass is 35.5. The van der Waals surface area contributed by atoms with Crippen molar-refractivity contribution >= 4 is 23.2 Å². The van der Waals surface area contributed by atoms with Crippen LogP contribution < -0.4 is 5.32 Å². The maximum atomic E-state index is 11.5. The van der Waals surface area contributed by atoms with Crippen LogP contribution in [0.1, 0.15) is 25.3 Å². The molecule has 1 aliphatic rings. The summed E-state index contributed by atoms with van der Waals surface area (Å²) >= 11 is 5.74. The Morgan fingerprint density at radius 2 is 2.17 bits per heavy atom. The third-order valence-corrected chi connectivity index (χ3v) is 3.36. The van der Waals surface area contributed by atoms with Gasteiger partial charge in [-0.2, -0.15) is 0 Å². The molecule has 4 heteroatoms. The number of carbonyl (C=O) groups excluding carboxylic acids is 1. The second-order valence-corrected chi connectivity index (χ2v) is 5.44. The van der Waals surface area contributed by atoms with E-state index in [2.05, 4.69) is 16.3 Å². The van der Waals surface area contributed by atoms with Crippen LogP contribution in [0.25, 0.3) is 0 Å². The number of nitrogens with one attached hydrogen (secondary N) is 1. The van der Waals surface area contributed by atoms with Crippen molar-refractivity contribution < 1.29 is 4.79 Å². The van der Waals surface area contributed by atoms with Gasteiger partial charge in [-0.25, -0.2) is 0 Å². The summed E-state index contributed by atoms with van der Waals surface area (Å²) in [6.45, 7) is 4.98. The van der Waals surface area contributed by atoms with Crippen LogP contribution in [-0.4, -0.2) is 29.3 Å². The van der Waals surface area contributed by atoms with Gasteiger partial charge in [-0.1, -0.05) is 12.1 Å². The maximum absolute atomic E-state index is 11.5. The highest BCUT2D eigenvalue weighted by Gasteiger charge is 2.13. The van der Waals surface area contributed by atoms with E-state index in [0.717, 1.165) is 12.2 Å². The van der Waals surface area contributed by atoms with E-state index in [4.69, 9.17) is 11.6 Å². The van der Waals surface area contributed by atoms with Crippen LogP contribution in [0.5, 0.6) is 0 Å². The lowest BCUT2D eigenvalue weighted by Gasteiger charge is -2.15. The number of amides is 1. The lowest BCUT2D eigenvalue weighted by molar-refractivity contribution is -0.115. The van der Waals surface area contributed by atoms with E-state index in [1.807, 2.05) is 18.2 Å². The molecule has 1 atom stereocenters. The first kappa shape index (κ1) is 13.4. The zero-order valence-corrected chi connectivity index (χ0v) is 11.4. The van der Waals surface area contributed by atoms with Gasteiger partial charge in [0.1, 0.15) is 5.38 Å². The van der Waals surface area contributed by atoms with Crippen LogP contribution in [0, 0.1) is 0 Å². The van der Waals surface area contributed by atoms with Gasteiger partial charge in [0.25, 0.3) is 0 Å². The summed E-state index contributed by atoms with van der Waals surface area (Å²) in [5.41, 5.74) is 2.06. The molecular weight excluding hydrogens is 248 g/mol. The standard InChI is InChI=1S/C14H19ClN2O/c1-11(15)14(18)16-13-6-4-5-12(9-13)10-17-7-2-3-8-17/h4-6,9,11H,2-3,7-8,10H2,1H3,(H,16,18). The largest absolute Gasteiger partial charge is 0.325 e. The molecule has 2 rings (SSSR count). The monoisotopic (exact) mass is 266 g/mol. The molecule has 0 bridgehead atoms. The highest BCUT2D eigenvalue weighted by Crippen LogP contribution is 2.16. The van der Waals surface area contributed by atoms with Gasteiger partial charge < -0.3 is 5.32 Å². The van der Waals surface area contributed by atoms with Gasteiger partial charge in [0.2, 0.25) is 5.91 Å². The minimum absolute atomic E-state index is 0.157. The Morgan fingerprint density at radius 1 is 1.44 bits per heavy atom. The Labute approximate surface area is 113 Å². The first-order valence-corrected chi connectivity index (χ1v) is 6.85. The average Bonchev–Trinajstić information content (AvgIpc) is 2.82. The molecule has 0 spiro atoms. The van der Waals surface area contributed by atoms with E-state index in [1.54, 1.807) is 6.92 Å². The van der Waals surface area contributed by atoms with E-state index in [0.29, 0.717) is 0 Å². The summed E-state index contributed by atoms with van der Waals surface area (Å²) in [5, 5.41) is 2.31. The Kier molecular flexibility index (Phi) is 4.61. The number of hydrogen-bond acceptors (Lipinski definition) is 2. The summed E-state index contributed by atoms with van der Waals surface area (Å²) in [7, 11) is 0. The molecule has 1 amide bonds. The number of anilines is 1. The number of alkyl halides is 1. The number of hydrogen-bond donors (Lipinski definition) is 1. The lowest BCUT2D eigenvalue weighted by atomic mass is 10.2. The SMILES string of the molecule is CC(Cl)C(=O)Nc1cccc(CN2CCCC2)c1. The Morgan fingerprint density at radius 3 is 2.83 bits per heavy atom. The molecule has 1 aromatic carbocycles. The molecule has 1 unspecified atom stereocenters. The van der Waals surface area contributed by atoms with Gasteiger partial charge in [-0.3, -0.25) is 9.69 Å². The third-order valence-electron chi connectivity index (χ3n) is 3.16. The van der Waals surface area contributed by atoms with Crippen LogP contribution in [0.2, 0.25) is 0 Å². The van der Waals surface area contributed by atoms with Crippen molar-refractivity contribution in [3.8, 4) is 0 Å². The number of halogens is 1. The smallest absolute Gasteiger partial charge is 0.242 e. The number of carbonyl (C=O) groups is 1. The van der Waals surface area contributed by atoms with Crippen LogP contribution in [-0.2, 0) is 11.3 Å². The number of benzene rings is 1. The van der Waals surface area contributed by atoms with Crippen LogP contribution in [0.4, 0.5) is 5.69 Å². The molecule has 0 aromatic heterocycles. The van der Waals surface area contributed by atoms with E-state index in [9.17, 15) is 4.79 Å². The molecule has 18 heavy (non-hydrogen) atoms. The summed E-state index contributed by atoms with van der Waals surface area (Å²) in [4.78, 5) is 14.0. The van der Waals surface area contributed by atoms with Crippen molar-refractivity contribution in [2.75, 3.05) is 18.4 Å². The topological polar surface area (TPSA) is 32.3 Å². The van der Waals surface area contributed by atoms with Gasteiger partial charge in [-0.15, -0.1) is 11.6 Å². The molecule has 0 radical (unpaired) electrons. The van der Waals surface area contributed by atoms with Gasteiger partial charge in [0.05, 0.1) is 0 Å². The molecule has 0 saturated carbocycles. The van der Waals surface area contributed by atoms with Crippen molar-refractivity contribution in [2.24, 2.45) is 0 Å². The maximum Gasteiger partial charge on any atom is 0.242 e. The van der Waals surface area contributed by atoms with Gasteiger partial charge in [0, 0.05) is 12.2 Å². The zero-order chi connectivity index (χ0) is 13.0. The van der Waals surface area contributed by atoms with Crippen molar-refractivity contribution in [3.63, 3.8) is 0 Å². The Hall–Kier alpha value is -1.06. The third kappa shape index (κ3) is 3.72. The number of rotatable bonds is 4. The molecule has 3 nitrogen and oxygen atoms in total. The molecule has 0 aliphatic carbocycles. The molecule has 1 aliphatic heterocycles. The predicted octanol–water partition coefficient (Wildman–Crippen LogP) is 2.85. The second-order valence-electron chi connectivity index (χ2n) is 4.79. The van der Waals surface area contributed by atoms with E-state index >= 15 is 0 Å². The van der Waals surface area contributed by atoms with Crippen molar-refractivity contribution in [1.29, 1.82) is 0 Å². The molecule has 1 heterocycles. The summed E-state index contributed by atoms with van der Waals surface area (Å²) in [6.07, 6.45) is 2.58. The van der Waals surface area contributed by atoms with E-state index in [-0.39, 0.29) is 5.91 Å². The average molecular weight is 267 g/mol. The summed E-state index contributed by atoms with van der Waals surface area (Å²) in [5.74, 6) is -0.157. The van der Waals surface area contributed by atoms with Crippen LogP contribution in [0.15, 0.2) is 24.3 Å². The van der Waals surface area contributed by atoms with E-state index in [1.165, 1.54) is 31.5 Å². The van der Waals surface area contributed by atoms with Crippen molar-refractivity contribution in [2.45, 2.75) is 31.7 Å². The highest BCUT2D eigenvalue weighted by molar-refractivity contribution is 6.32. The first-order chi connectivity index (χ1) is 8.65. The first-order valence-electron chi connectivity index (χ1n) is 6.41. The summed E-state index contributed by atoms with van der Waals surface area (Å²) in [6, 6.07) is 7.98. The normalized spacial score (nSPS) is 17.7.